The van der Waals surface area contributed by atoms with E-state index in [-0.39, 0.29) is 18.3 Å². The number of hydrogen-bond donors (Lipinski definition) is 2. The number of nitrogens with two attached hydrogens (primary N) is 1. The van der Waals surface area contributed by atoms with Gasteiger partial charge < -0.3 is 10.6 Å². The lowest BCUT2D eigenvalue weighted by molar-refractivity contribution is 0.0780. The highest BCUT2D eigenvalue weighted by atomic mass is 35.5. The fraction of sp³-hybridized carbons (Fsp3) is 0.375. The van der Waals surface area contributed by atoms with Crippen LogP contribution in [-0.2, 0) is 0 Å². The second-order valence-electron chi connectivity index (χ2n) is 5.66. The average Bonchev–Trinajstić information content (AvgIpc) is 3.13. The molecule has 2 heterocycles. The molecule has 1 aliphatic heterocycles. The van der Waals surface area contributed by atoms with Crippen molar-refractivity contribution in [3.05, 3.63) is 53.3 Å². The van der Waals surface area contributed by atoms with Crippen molar-refractivity contribution in [2.75, 3.05) is 19.6 Å². The van der Waals surface area contributed by atoms with Gasteiger partial charge in [-0.1, -0.05) is 30.3 Å². The Hall–Kier alpha value is -1.85. The topological polar surface area (TPSA) is 75.0 Å². The summed E-state index contributed by atoms with van der Waals surface area (Å²) in [6.07, 6.45) is 0. The number of carbonyl (C=O) groups is 1. The van der Waals surface area contributed by atoms with Crippen molar-refractivity contribution >= 4 is 18.3 Å². The summed E-state index contributed by atoms with van der Waals surface area (Å²) in [6.45, 7) is 3.88. The standard InChI is InChI=1S/C16H20N4O.ClH/c1-11-7-15(19-18-11)16(21)20-9-13(8-17)14(10-20)12-5-3-2-4-6-12;/h2-7,13-14H,8-10,17H2,1H3,(H,18,19);1H/t13-,14+;/m1./s1. The van der Waals surface area contributed by atoms with Gasteiger partial charge in [0, 0.05) is 24.7 Å². The highest BCUT2D eigenvalue weighted by Gasteiger charge is 2.36. The summed E-state index contributed by atoms with van der Waals surface area (Å²) in [5.41, 5.74) is 8.54. The van der Waals surface area contributed by atoms with Crippen molar-refractivity contribution in [3.63, 3.8) is 0 Å². The second kappa shape index (κ2) is 6.94. The van der Waals surface area contributed by atoms with Crippen molar-refractivity contribution in [1.82, 2.24) is 15.1 Å². The number of H-pyrrole nitrogens is 1. The average molecular weight is 321 g/mol. The Balaban J connectivity index is 0.00000176. The summed E-state index contributed by atoms with van der Waals surface area (Å²) < 4.78 is 0. The van der Waals surface area contributed by atoms with Crippen LogP contribution in [0.4, 0.5) is 0 Å². The first-order valence-corrected chi connectivity index (χ1v) is 7.25. The van der Waals surface area contributed by atoms with Gasteiger partial charge in [-0.15, -0.1) is 12.4 Å². The third-order valence-corrected chi connectivity index (χ3v) is 4.18. The van der Waals surface area contributed by atoms with Crippen molar-refractivity contribution in [2.24, 2.45) is 11.7 Å². The van der Waals surface area contributed by atoms with Crippen LogP contribution in [0, 0.1) is 12.8 Å². The van der Waals surface area contributed by atoms with Gasteiger partial charge in [0.1, 0.15) is 5.69 Å². The van der Waals surface area contributed by atoms with E-state index in [0.717, 1.165) is 5.69 Å². The summed E-state index contributed by atoms with van der Waals surface area (Å²) >= 11 is 0. The molecule has 1 amide bonds. The summed E-state index contributed by atoms with van der Waals surface area (Å²) in [7, 11) is 0. The largest absolute Gasteiger partial charge is 0.336 e. The molecule has 22 heavy (non-hydrogen) atoms. The first kappa shape index (κ1) is 16.5. The Morgan fingerprint density at radius 3 is 2.68 bits per heavy atom. The number of likely N-dealkylation sites (tertiary alicyclic amines) is 1. The van der Waals surface area contributed by atoms with Gasteiger partial charge in [-0.05, 0) is 31.0 Å². The molecule has 0 unspecified atom stereocenters. The zero-order valence-corrected chi connectivity index (χ0v) is 13.3. The van der Waals surface area contributed by atoms with Crippen LogP contribution in [0.5, 0.6) is 0 Å². The molecule has 1 saturated heterocycles. The van der Waals surface area contributed by atoms with Crippen LogP contribution < -0.4 is 5.73 Å². The van der Waals surface area contributed by atoms with Gasteiger partial charge in [0.15, 0.2) is 0 Å². The molecule has 5 nitrogen and oxygen atoms in total. The molecule has 2 atom stereocenters. The van der Waals surface area contributed by atoms with Crippen molar-refractivity contribution in [1.29, 1.82) is 0 Å². The lowest BCUT2D eigenvalue weighted by atomic mass is 9.89. The first-order valence-electron chi connectivity index (χ1n) is 7.25. The van der Waals surface area contributed by atoms with Crippen LogP contribution in [-0.4, -0.2) is 40.6 Å². The molecule has 1 aromatic carbocycles. The third-order valence-electron chi connectivity index (χ3n) is 4.18. The van der Waals surface area contributed by atoms with Gasteiger partial charge >= 0.3 is 0 Å². The Labute approximate surface area is 136 Å². The van der Waals surface area contributed by atoms with Crippen LogP contribution in [0.3, 0.4) is 0 Å². The number of aryl methyl sites for hydroxylation is 1. The second-order valence-corrected chi connectivity index (χ2v) is 5.66. The number of benzene rings is 1. The number of nitrogens with one attached hydrogen (secondary N) is 1. The molecule has 1 fully saturated rings. The highest BCUT2D eigenvalue weighted by molar-refractivity contribution is 5.92. The zero-order valence-electron chi connectivity index (χ0n) is 12.5. The van der Waals surface area contributed by atoms with Crippen LogP contribution in [0.15, 0.2) is 36.4 Å². The zero-order chi connectivity index (χ0) is 14.8. The van der Waals surface area contributed by atoms with Gasteiger partial charge in [0.05, 0.1) is 0 Å². The van der Waals surface area contributed by atoms with E-state index in [1.165, 1.54) is 5.56 Å². The maximum Gasteiger partial charge on any atom is 0.274 e. The Kier molecular flexibility index (Phi) is 5.21. The van der Waals surface area contributed by atoms with Crippen LogP contribution in [0.25, 0.3) is 0 Å². The molecule has 2 aromatic rings. The first-order chi connectivity index (χ1) is 10.2. The van der Waals surface area contributed by atoms with E-state index in [1.807, 2.05) is 30.0 Å². The summed E-state index contributed by atoms with van der Waals surface area (Å²) in [5, 5.41) is 6.88. The molecule has 0 radical (unpaired) electrons. The summed E-state index contributed by atoms with van der Waals surface area (Å²) in [4.78, 5) is 14.4. The molecule has 0 bridgehead atoms. The van der Waals surface area contributed by atoms with Gasteiger partial charge in [-0.3, -0.25) is 9.89 Å². The number of amides is 1. The Morgan fingerprint density at radius 1 is 1.36 bits per heavy atom. The summed E-state index contributed by atoms with van der Waals surface area (Å²) in [6, 6.07) is 12.1. The number of aromatic amines is 1. The molecule has 0 aliphatic carbocycles. The van der Waals surface area contributed by atoms with E-state index in [2.05, 4.69) is 22.3 Å². The third kappa shape index (κ3) is 3.15. The van der Waals surface area contributed by atoms with Crippen LogP contribution in [0.2, 0.25) is 0 Å². The molecule has 3 N–H and O–H groups in total. The maximum absolute atomic E-state index is 12.5. The number of carbonyl (C=O) groups excluding carboxylic acids is 1. The van der Waals surface area contributed by atoms with E-state index in [4.69, 9.17) is 5.73 Å². The van der Waals surface area contributed by atoms with Gasteiger partial charge in [0.2, 0.25) is 0 Å². The quantitative estimate of drug-likeness (QED) is 0.907. The van der Waals surface area contributed by atoms with Gasteiger partial charge in [-0.2, -0.15) is 5.10 Å². The number of aromatic nitrogens is 2. The van der Waals surface area contributed by atoms with Crippen molar-refractivity contribution < 1.29 is 4.79 Å². The normalized spacial score (nSPS) is 20.7. The van der Waals surface area contributed by atoms with E-state index in [0.29, 0.717) is 37.2 Å². The van der Waals surface area contributed by atoms with Gasteiger partial charge in [-0.25, -0.2) is 0 Å². The maximum atomic E-state index is 12.5. The molecule has 0 spiro atoms. The smallest absolute Gasteiger partial charge is 0.274 e. The van der Waals surface area contributed by atoms with E-state index >= 15 is 0 Å². The highest BCUT2D eigenvalue weighted by Crippen LogP contribution is 2.32. The van der Waals surface area contributed by atoms with Gasteiger partial charge in [0.25, 0.3) is 5.91 Å². The fourth-order valence-electron chi connectivity index (χ4n) is 3.04. The van der Waals surface area contributed by atoms with Crippen LogP contribution in [0.1, 0.15) is 27.7 Å². The van der Waals surface area contributed by atoms with Crippen LogP contribution >= 0.6 is 12.4 Å². The Bertz CT molecular complexity index is 628. The minimum absolute atomic E-state index is 0. The number of rotatable bonds is 3. The molecular weight excluding hydrogens is 300 g/mol. The molecule has 0 saturated carbocycles. The molecule has 3 rings (SSSR count). The SMILES string of the molecule is Cc1cc(C(=O)N2C[C@@H](CN)[C@H](c3ccccc3)C2)n[nH]1.Cl. The number of hydrogen-bond acceptors (Lipinski definition) is 3. The van der Waals surface area contributed by atoms with Crippen molar-refractivity contribution in [3.8, 4) is 0 Å². The molecule has 118 valence electrons. The summed E-state index contributed by atoms with van der Waals surface area (Å²) in [5.74, 6) is 0.591. The predicted octanol–water partition coefficient (Wildman–Crippen LogP) is 1.95. The number of halogens is 1. The van der Waals surface area contributed by atoms with Crippen molar-refractivity contribution in [2.45, 2.75) is 12.8 Å². The minimum Gasteiger partial charge on any atom is -0.336 e. The predicted molar refractivity (Wildman–Crippen MR) is 88.2 cm³/mol. The molecule has 1 aliphatic rings. The van der Waals surface area contributed by atoms with E-state index in [9.17, 15) is 4.79 Å². The fourth-order valence-corrected chi connectivity index (χ4v) is 3.04. The van der Waals surface area contributed by atoms with E-state index in [1.54, 1.807) is 6.07 Å². The number of nitrogens with zero attached hydrogens (tertiary/aromatic N) is 2. The monoisotopic (exact) mass is 320 g/mol. The Morgan fingerprint density at radius 2 is 2.09 bits per heavy atom. The lowest BCUT2D eigenvalue weighted by Crippen LogP contribution is -2.30. The van der Waals surface area contributed by atoms with E-state index < -0.39 is 0 Å². The molecular formula is C16H21ClN4O. The lowest BCUT2D eigenvalue weighted by Gasteiger charge is -2.16. The molecule has 6 heteroatoms. The minimum atomic E-state index is -0.0174. The molecule has 1 aromatic heterocycles.